The van der Waals surface area contributed by atoms with E-state index in [0.717, 1.165) is 33.8 Å². The Bertz CT molecular complexity index is 3660. The third-order valence-corrected chi connectivity index (χ3v) is 13.5. The maximum Gasteiger partial charge on any atom is 0.446 e. The topological polar surface area (TPSA) is 226 Å². The molecule has 0 bridgehead atoms. The fourth-order valence-electron chi connectivity index (χ4n) is 8.12. The van der Waals surface area contributed by atoms with Crippen LogP contribution in [0.15, 0.2) is 114 Å². The summed E-state index contributed by atoms with van der Waals surface area (Å²) in [6.07, 6.45) is -11.0. The highest BCUT2D eigenvalue weighted by molar-refractivity contribution is 8.00. The van der Waals surface area contributed by atoms with Gasteiger partial charge in [-0.3, -0.25) is 0 Å². The summed E-state index contributed by atoms with van der Waals surface area (Å²) in [7, 11) is 0. The lowest BCUT2D eigenvalue weighted by atomic mass is 9.91. The molecule has 3 aromatic carbocycles. The number of benzene rings is 3. The first kappa shape index (κ1) is 74.2. The Kier molecular flexibility index (Phi) is 23.6. The highest BCUT2D eigenvalue weighted by atomic mass is 35.5. The third kappa shape index (κ3) is 20.5. The summed E-state index contributed by atoms with van der Waals surface area (Å²) in [5.41, 5.74) is -16.4. The summed E-state index contributed by atoms with van der Waals surface area (Å²) in [6, 6.07) is 12.6. The van der Waals surface area contributed by atoms with Crippen LogP contribution < -0.4 is 16.0 Å². The summed E-state index contributed by atoms with van der Waals surface area (Å²) >= 11 is 5.34. The van der Waals surface area contributed by atoms with Crippen molar-refractivity contribution in [2.75, 3.05) is 16.0 Å². The van der Waals surface area contributed by atoms with Gasteiger partial charge >= 0.3 is 29.5 Å². The molecule has 9 rings (SSSR count). The molecular formula is C54H56ClF16N15O3S2. The molecule has 0 aliphatic heterocycles. The summed E-state index contributed by atoms with van der Waals surface area (Å²) < 4.78 is 210. The van der Waals surface area contributed by atoms with Gasteiger partial charge in [0.15, 0.2) is 11.4 Å². The van der Waals surface area contributed by atoms with Crippen LogP contribution in [-0.2, 0) is 18.5 Å². The number of hydrogen-bond acceptors (Lipinski definition) is 17. The van der Waals surface area contributed by atoms with Crippen LogP contribution >= 0.6 is 35.1 Å². The maximum atomic E-state index is 14.0. The number of nitrogens with zero attached hydrogens (tertiary/aromatic N) is 12. The average Bonchev–Trinajstić information content (AvgIpc) is 1.80. The summed E-state index contributed by atoms with van der Waals surface area (Å²) in [4.78, 5) is 21.9. The second-order valence-corrected chi connectivity index (χ2v) is 22.8. The van der Waals surface area contributed by atoms with Gasteiger partial charge < -0.3 is 31.3 Å². The van der Waals surface area contributed by atoms with E-state index in [4.69, 9.17) is 11.6 Å². The minimum absolute atomic E-state index is 0.0670. The van der Waals surface area contributed by atoms with Crippen molar-refractivity contribution in [3.8, 4) is 0 Å². The van der Waals surface area contributed by atoms with Gasteiger partial charge in [-0.25, -0.2) is 14.4 Å². The molecule has 0 fully saturated rings. The van der Waals surface area contributed by atoms with Gasteiger partial charge in [-0.05, 0) is 118 Å². The van der Waals surface area contributed by atoms with E-state index in [-0.39, 0.29) is 78.8 Å². The monoisotopic (exact) mass is 1370 g/mol. The van der Waals surface area contributed by atoms with Crippen molar-refractivity contribution in [3.05, 3.63) is 149 Å². The van der Waals surface area contributed by atoms with Crippen molar-refractivity contribution in [2.45, 2.75) is 144 Å². The van der Waals surface area contributed by atoms with E-state index in [1.54, 1.807) is 0 Å². The first-order chi connectivity index (χ1) is 41.9. The number of nitrogens with one attached hydrogen (secondary N) is 3. The van der Waals surface area contributed by atoms with Crippen molar-refractivity contribution in [1.82, 2.24) is 58.7 Å². The molecule has 496 valence electrons. The molecule has 3 unspecified atom stereocenters. The fourth-order valence-corrected chi connectivity index (χ4v) is 9.38. The van der Waals surface area contributed by atoms with Crippen LogP contribution in [0.5, 0.6) is 0 Å². The van der Waals surface area contributed by atoms with E-state index in [2.05, 4.69) is 61.2 Å². The number of fused-ring (bicyclic) bond motifs is 3. The normalized spacial score (nSPS) is 13.6. The van der Waals surface area contributed by atoms with Gasteiger partial charge in [0.05, 0.1) is 40.5 Å². The highest BCUT2D eigenvalue weighted by Crippen LogP contribution is 2.42. The molecule has 0 spiro atoms. The summed E-state index contributed by atoms with van der Waals surface area (Å²) in [5, 5.41) is 51.9. The molecular weight excluding hydrogens is 1310 g/mol. The SMILES string of the molecule is CC.CC.CC(C)(O)C(Nc1cc(C(F)(F)F)nc2ncnn12)c1ccc(SC(F)(F)F)cc1.CC(C)(O)C(Nc1cc(C(F)(F)F)nc2ncnn12)c1ccc(SC(F)(F)F)cc1.CC(C)(O)C(Nc1cc(Cl)nc2ncnn12)c1ccc(C(F)(F)F)c(F)c1. The molecule has 0 aliphatic carbocycles. The predicted octanol–water partition coefficient (Wildman–Crippen LogP) is 15.3. The van der Waals surface area contributed by atoms with Gasteiger partial charge in [-0.1, -0.05) is 69.6 Å². The first-order valence-electron chi connectivity index (χ1n) is 26.4. The fraction of sp³-hybridized carbons (Fsp3) is 0.389. The van der Waals surface area contributed by atoms with E-state index in [1.165, 1.54) is 107 Å². The lowest BCUT2D eigenvalue weighted by molar-refractivity contribution is -0.141. The highest BCUT2D eigenvalue weighted by Gasteiger charge is 2.40. The van der Waals surface area contributed by atoms with Crippen molar-refractivity contribution in [3.63, 3.8) is 0 Å². The van der Waals surface area contributed by atoms with Crippen molar-refractivity contribution < 1.29 is 85.6 Å². The standard InChI is InChI=1S/2C17H15F6N5OS.C16H14ClF4N5O.2C2H6/c2*1-15(2,29)13(9-3-5-10(6-4-9)30-17(21,22)23)27-12-7-11(16(18,19)20)26-14-24-8-25-28(12)14;1-15(2,27)13(8-3-4-9(10(18)5-8)16(19,20)21)25-12-6-11(17)24-14-22-7-23-26(12)14;2*1-2/h2*3-8,13,27,29H,1-2H3;3-7,13,25,27H,1-2H3;2*1-2H3. The Morgan fingerprint density at radius 1 is 0.429 bits per heavy atom. The van der Waals surface area contributed by atoms with E-state index in [1.807, 2.05) is 27.7 Å². The largest absolute Gasteiger partial charge is 0.446 e. The predicted molar refractivity (Wildman–Crippen MR) is 306 cm³/mol. The molecule has 9 aromatic rings. The number of aromatic nitrogens is 12. The lowest BCUT2D eigenvalue weighted by Crippen LogP contribution is -2.35. The zero-order valence-electron chi connectivity index (χ0n) is 49.0. The number of thioether (sulfide) groups is 2. The molecule has 0 amide bonds. The molecule has 0 aliphatic rings. The second-order valence-electron chi connectivity index (χ2n) is 20.1. The number of halogens is 17. The summed E-state index contributed by atoms with van der Waals surface area (Å²) in [6.45, 7) is 16.5. The second kappa shape index (κ2) is 29.0. The molecule has 6 heterocycles. The Hall–Kier alpha value is -7.54. The Labute approximate surface area is 520 Å². The molecule has 0 saturated heterocycles. The van der Waals surface area contributed by atoms with Crippen molar-refractivity contribution in [2.24, 2.45) is 0 Å². The van der Waals surface area contributed by atoms with Gasteiger partial charge in [0.1, 0.15) is 47.4 Å². The third-order valence-electron chi connectivity index (χ3n) is 11.8. The van der Waals surface area contributed by atoms with Gasteiger partial charge in [0.2, 0.25) is 0 Å². The van der Waals surface area contributed by atoms with E-state index >= 15 is 0 Å². The van der Waals surface area contributed by atoms with E-state index in [9.17, 15) is 85.6 Å². The molecule has 6 aromatic heterocycles. The van der Waals surface area contributed by atoms with E-state index < -0.39 is 87.2 Å². The maximum absolute atomic E-state index is 14.0. The van der Waals surface area contributed by atoms with Gasteiger partial charge in [0, 0.05) is 28.0 Å². The average molecular weight is 1370 g/mol. The number of anilines is 3. The van der Waals surface area contributed by atoms with Gasteiger partial charge in [0.25, 0.3) is 17.3 Å². The van der Waals surface area contributed by atoms with Crippen LogP contribution in [0.3, 0.4) is 0 Å². The quantitative estimate of drug-likeness (QED) is 0.0338. The van der Waals surface area contributed by atoms with Crippen LogP contribution in [0.1, 0.15) is 121 Å². The summed E-state index contributed by atoms with van der Waals surface area (Å²) in [5.74, 6) is -1.89. The van der Waals surface area contributed by atoms with Crippen molar-refractivity contribution >= 4 is 69.9 Å². The van der Waals surface area contributed by atoms with Gasteiger partial charge in [-0.2, -0.15) is 115 Å². The smallest absolute Gasteiger partial charge is 0.388 e. The van der Waals surface area contributed by atoms with Crippen LogP contribution in [0.2, 0.25) is 5.15 Å². The molecule has 0 radical (unpaired) electrons. The number of alkyl halides is 15. The minimum Gasteiger partial charge on any atom is -0.388 e. The number of rotatable bonds is 14. The first-order valence-corrected chi connectivity index (χ1v) is 28.4. The Morgan fingerprint density at radius 3 is 1.03 bits per heavy atom. The lowest BCUT2D eigenvalue weighted by Gasteiger charge is -2.31. The zero-order valence-corrected chi connectivity index (χ0v) is 51.4. The van der Waals surface area contributed by atoms with E-state index in [0.29, 0.717) is 29.3 Å². The Morgan fingerprint density at radius 2 is 0.736 bits per heavy atom. The van der Waals surface area contributed by atoms with Gasteiger partial charge in [-0.15, -0.1) is 0 Å². The molecule has 6 N–H and O–H groups in total. The molecule has 91 heavy (non-hydrogen) atoms. The van der Waals surface area contributed by atoms with Crippen LogP contribution in [0, 0.1) is 5.82 Å². The molecule has 37 heteroatoms. The zero-order chi connectivity index (χ0) is 68.6. The van der Waals surface area contributed by atoms with Crippen molar-refractivity contribution in [1.29, 1.82) is 0 Å². The van der Waals surface area contributed by atoms with Crippen LogP contribution in [-0.4, -0.2) is 102 Å². The molecule has 18 nitrogen and oxygen atoms in total. The number of hydrogen-bond donors (Lipinski definition) is 6. The van der Waals surface area contributed by atoms with Crippen LogP contribution in [0.25, 0.3) is 17.3 Å². The van der Waals surface area contributed by atoms with Crippen LogP contribution in [0.4, 0.5) is 87.7 Å². The molecule has 3 atom stereocenters. The molecule has 0 saturated carbocycles. The number of aliphatic hydroxyl groups is 3. The Balaban J connectivity index is 0.000000241. The minimum atomic E-state index is -4.81.